The van der Waals surface area contributed by atoms with E-state index in [2.05, 4.69) is 17.4 Å². The minimum atomic E-state index is -0.579. The van der Waals surface area contributed by atoms with E-state index in [1.54, 1.807) is 17.6 Å². The van der Waals surface area contributed by atoms with Gasteiger partial charge >= 0.3 is 0 Å². The zero-order chi connectivity index (χ0) is 20.1. The number of hydrogen-bond acceptors (Lipinski definition) is 3. The van der Waals surface area contributed by atoms with E-state index in [1.165, 1.54) is 17.2 Å². The Kier molecular flexibility index (Phi) is 4.30. The molecule has 0 saturated carbocycles. The van der Waals surface area contributed by atoms with Crippen LogP contribution in [0.5, 0.6) is 0 Å². The molecule has 6 nitrogen and oxygen atoms in total. The molecule has 2 amide bonds. The lowest BCUT2D eigenvalue weighted by Gasteiger charge is -2.46. The molecule has 3 heterocycles. The second-order valence-electron chi connectivity index (χ2n) is 8.52. The first kappa shape index (κ1) is 18.2. The molecule has 1 fully saturated rings. The molecule has 2 aliphatic heterocycles. The van der Waals surface area contributed by atoms with E-state index in [0.717, 1.165) is 25.0 Å². The number of carbonyl (C=O) groups excluding carboxylic acids is 2. The molecule has 29 heavy (non-hydrogen) atoms. The second-order valence-corrected chi connectivity index (χ2v) is 8.52. The maximum Gasteiger partial charge on any atom is 0.251 e. The maximum atomic E-state index is 13.5. The third-order valence-corrected chi connectivity index (χ3v) is 6.81. The molecule has 2 bridgehead atoms. The molecule has 1 saturated heterocycles. The van der Waals surface area contributed by atoms with Crippen LogP contribution in [0.25, 0.3) is 0 Å². The molecule has 3 aliphatic rings. The quantitative estimate of drug-likeness (QED) is 0.853. The van der Waals surface area contributed by atoms with Gasteiger partial charge < -0.3 is 10.2 Å². The Morgan fingerprint density at radius 2 is 1.90 bits per heavy atom. The van der Waals surface area contributed by atoms with Gasteiger partial charge in [0.15, 0.2) is 0 Å². The third kappa shape index (κ3) is 2.98. The summed E-state index contributed by atoms with van der Waals surface area (Å²) >= 11 is 0. The zero-order valence-electron chi connectivity index (χ0n) is 16.5. The number of fused-ring (bicyclic) bond motifs is 5. The van der Waals surface area contributed by atoms with Gasteiger partial charge in [0.25, 0.3) is 5.56 Å². The zero-order valence-corrected chi connectivity index (χ0v) is 16.5. The topological polar surface area (TPSA) is 71.4 Å². The highest BCUT2D eigenvalue weighted by molar-refractivity contribution is 5.82. The Labute approximate surface area is 169 Å². The number of piperidine rings is 1. The number of carbonyl (C=O) groups is 2. The van der Waals surface area contributed by atoms with Gasteiger partial charge in [-0.05, 0) is 36.5 Å². The van der Waals surface area contributed by atoms with Gasteiger partial charge in [0.05, 0.1) is 6.04 Å². The SMILES string of the molecule is CC(=O)N1C[C@H]2C[C@@H](C1)[C@H](C(=O)N[C@@H]1CCc3ccccc31)n1c2cccc1=O. The van der Waals surface area contributed by atoms with Crippen molar-refractivity contribution in [3.63, 3.8) is 0 Å². The van der Waals surface area contributed by atoms with Crippen molar-refractivity contribution in [3.05, 3.63) is 69.6 Å². The molecule has 2 aromatic rings. The number of nitrogens with one attached hydrogen (secondary N) is 1. The van der Waals surface area contributed by atoms with Crippen LogP contribution in [-0.4, -0.2) is 34.4 Å². The largest absolute Gasteiger partial charge is 0.347 e. The summed E-state index contributed by atoms with van der Waals surface area (Å²) in [5, 5.41) is 3.22. The van der Waals surface area contributed by atoms with Crippen LogP contribution in [0.3, 0.4) is 0 Å². The highest BCUT2D eigenvalue weighted by Gasteiger charge is 2.44. The molecule has 0 radical (unpaired) electrons. The normalized spacial score (nSPS) is 27.1. The van der Waals surface area contributed by atoms with Crippen molar-refractivity contribution in [2.24, 2.45) is 5.92 Å². The average molecular weight is 391 g/mol. The van der Waals surface area contributed by atoms with E-state index in [4.69, 9.17) is 0 Å². The molecule has 0 unspecified atom stereocenters. The first-order valence-corrected chi connectivity index (χ1v) is 10.4. The van der Waals surface area contributed by atoms with Crippen molar-refractivity contribution in [1.82, 2.24) is 14.8 Å². The van der Waals surface area contributed by atoms with Crippen LogP contribution in [0.4, 0.5) is 0 Å². The molecular formula is C23H25N3O3. The number of rotatable bonds is 2. The van der Waals surface area contributed by atoms with E-state index in [1.807, 2.05) is 23.1 Å². The van der Waals surface area contributed by atoms with Crippen LogP contribution < -0.4 is 10.9 Å². The Bertz CT molecular complexity index is 1040. The lowest BCUT2D eigenvalue weighted by atomic mass is 9.78. The fourth-order valence-corrected chi connectivity index (χ4v) is 5.49. The molecule has 150 valence electrons. The molecule has 1 N–H and O–H groups in total. The Morgan fingerprint density at radius 1 is 1.07 bits per heavy atom. The first-order valence-electron chi connectivity index (χ1n) is 10.4. The van der Waals surface area contributed by atoms with Gasteiger partial charge in [-0.2, -0.15) is 0 Å². The van der Waals surface area contributed by atoms with Gasteiger partial charge in [-0.1, -0.05) is 30.3 Å². The summed E-state index contributed by atoms with van der Waals surface area (Å²) in [5.74, 6) is -0.0462. The molecular weight excluding hydrogens is 366 g/mol. The number of aromatic nitrogens is 1. The summed E-state index contributed by atoms with van der Waals surface area (Å²) in [6.07, 6.45) is 2.65. The molecule has 1 aromatic carbocycles. The van der Waals surface area contributed by atoms with Crippen molar-refractivity contribution in [1.29, 1.82) is 0 Å². The standard InChI is InChI=1S/C23H25N3O3/c1-14(27)25-12-16-11-17(13-25)22(26-20(16)7-4-8-21(26)28)23(29)24-19-10-9-15-5-2-3-6-18(15)19/h2-8,16-17,19,22H,9-13H2,1H3,(H,24,29)/t16-,17+,19-,22-/m1/s1. The van der Waals surface area contributed by atoms with Gasteiger partial charge in [-0.3, -0.25) is 19.0 Å². The molecule has 1 aliphatic carbocycles. The predicted octanol–water partition coefficient (Wildman–Crippen LogP) is 2.16. The summed E-state index contributed by atoms with van der Waals surface area (Å²) in [7, 11) is 0. The number of hydrogen-bond donors (Lipinski definition) is 1. The molecule has 6 heteroatoms. The number of nitrogens with zero attached hydrogens (tertiary/aromatic N) is 2. The summed E-state index contributed by atoms with van der Waals surface area (Å²) in [4.78, 5) is 40.1. The number of amides is 2. The van der Waals surface area contributed by atoms with Gasteiger partial charge in [0.1, 0.15) is 6.04 Å². The fraction of sp³-hybridized carbons (Fsp3) is 0.435. The van der Waals surface area contributed by atoms with Crippen LogP contribution >= 0.6 is 0 Å². The van der Waals surface area contributed by atoms with Crippen LogP contribution in [-0.2, 0) is 16.0 Å². The highest BCUT2D eigenvalue weighted by Crippen LogP contribution is 2.42. The van der Waals surface area contributed by atoms with E-state index < -0.39 is 6.04 Å². The summed E-state index contributed by atoms with van der Waals surface area (Å²) in [6, 6.07) is 12.8. The summed E-state index contributed by atoms with van der Waals surface area (Å²) in [6.45, 7) is 2.70. The lowest BCUT2D eigenvalue weighted by molar-refractivity contribution is -0.135. The highest BCUT2D eigenvalue weighted by atomic mass is 16.2. The van der Waals surface area contributed by atoms with Crippen molar-refractivity contribution in [2.45, 2.75) is 44.2 Å². The van der Waals surface area contributed by atoms with Crippen LogP contribution in [0, 0.1) is 5.92 Å². The second kappa shape index (κ2) is 6.87. The fourth-order valence-electron chi connectivity index (χ4n) is 5.49. The van der Waals surface area contributed by atoms with Crippen LogP contribution in [0.2, 0.25) is 0 Å². The van der Waals surface area contributed by atoms with E-state index in [9.17, 15) is 14.4 Å². The van der Waals surface area contributed by atoms with Crippen molar-refractivity contribution < 1.29 is 9.59 Å². The number of aryl methyl sites for hydroxylation is 1. The van der Waals surface area contributed by atoms with Crippen molar-refractivity contribution in [3.8, 4) is 0 Å². The Morgan fingerprint density at radius 3 is 2.72 bits per heavy atom. The molecule has 5 rings (SSSR count). The van der Waals surface area contributed by atoms with Crippen LogP contribution in [0.15, 0.2) is 47.3 Å². The van der Waals surface area contributed by atoms with Gasteiger partial charge in [-0.15, -0.1) is 0 Å². The van der Waals surface area contributed by atoms with Gasteiger partial charge in [0, 0.05) is 43.6 Å². The van der Waals surface area contributed by atoms with Crippen LogP contribution in [0.1, 0.15) is 54.6 Å². The minimum absolute atomic E-state index is 0.0215. The minimum Gasteiger partial charge on any atom is -0.347 e. The van der Waals surface area contributed by atoms with Gasteiger partial charge in [0.2, 0.25) is 11.8 Å². The average Bonchev–Trinajstić information content (AvgIpc) is 3.11. The van der Waals surface area contributed by atoms with E-state index in [0.29, 0.717) is 13.1 Å². The number of likely N-dealkylation sites (tertiary alicyclic amines) is 1. The molecule has 1 aromatic heterocycles. The Hall–Kier alpha value is -2.89. The monoisotopic (exact) mass is 391 g/mol. The first-order chi connectivity index (χ1) is 14.0. The smallest absolute Gasteiger partial charge is 0.251 e. The molecule has 4 atom stereocenters. The van der Waals surface area contributed by atoms with Gasteiger partial charge in [-0.25, -0.2) is 0 Å². The Balaban J connectivity index is 1.50. The van der Waals surface area contributed by atoms with Crippen molar-refractivity contribution >= 4 is 11.8 Å². The van der Waals surface area contributed by atoms with Crippen molar-refractivity contribution in [2.75, 3.05) is 13.1 Å². The summed E-state index contributed by atoms with van der Waals surface area (Å²) < 4.78 is 1.69. The maximum absolute atomic E-state index is 13.5. The lowest BCUT2D eigenvalue weighted by Crippen LogP contribution is -2.54. The van der Waals surface area contributed by atoms with E-state index >= 15 is 0 Å². The molecule has 0 spiro atoms. The number of benzene rings is 1. The number of pyridine rings is 1. The predicted molar refractivity (Wildman–Crippen MR) is 108 cm³/mol. The summed E-state index contributed by atoms with van der Waals surface area (Å²) in [5.41, 5.74) is 3.18. The third-order valence-electron chi connectivity index (χ3n) is 6.81. The van der Waals surface area contributed by atoms with E-state index in [-0.39, 0.29) is 35.3 Å².